The molecular formula is C28H32ClN3O6. The highest BCUT2D eigenvalue weighted by atomic mass is 35.5. The number of hydrogen-bond acceptors (Lipinski definition) is 6. The Hall–Kier alpha value is -3.30. The maximum Gasteiger partial charge on any atom is 0.414 e. The summed E-state index contributed by atoms with van der Waals surface area (Å²) in [4.78, 5) is 31.1. The molecule has 1 aromatic heterocycles. The number of amides is 1. The number of hydrogen-bond donors (Lipinski definition) is 2. The van der Waals surface area contributed by atoms with E-state index in [1.807, 2.05) is 23.6 Å². The first-order valence-electron chi connectivity index (χ1n) is 12.9. The minimum absolute atomic E-state index is 0.0349. The minimum atomic E-state index is -1.15. The Morgan fingerprint density at radius 3 is 2.63 bits per heavy atom. The number of carboxylic acid groups (broad SMARTS) is 1. The predicted molar refractivity (Wildman–Crippen MR) is 143 cm³/mol. The van der Waals surface area contributed by atoms with Gasteiger partial charge in [0.1, 0.15) is 17.7 Å². The first kappa shape index (κ1) is 26.3. The fraction of sp³-hybridized carbons (Fsp3) is 0.464. The molecule has 0 unspecified atom stereocenters. The number of halogens is 1. The zero-order valence-electron chi connectivity index (χ0n) is 21.7. The average Bonchev–Trinajstić information content (AvgIpc) is 3.32. The molecule has 4 atom stereocenters. The van der Waals surface area contributed by atoms with Crippen LogP contribution >= 0.6 is 11.6 Å². The number of benzene rings is 2. The van der Waals surface area contributed by atoms with E-state index < -0.39 is 24.1 Å². The van der Waals surface area contributed by atoms with E-state index in [4.69, 9.17) is 26.1 Å². The Bertz CT molecular complexity index is 1390. The second kappa shape index (κ2) is 10.5. The molecule has 38 heavy (non-hydrogen) atoms. The van der Waals surface area contributed by atoms with Crippen LogP contribution in [0.2, 0.25) is 5.02 Å². The predicted octanol–water partition coefficient (Wildman–Crippen LogP) is 5.50. The summed E-state index contributed by atoms with van der Waals surface area (Å²) in [5.41, 5.74) is 3.62. The van der Waals surface area contributed by atoms with E-state index in [-0.39, 0.29) is 12.1 Å². The van der Waals surface area contributed by atoms with Gasteiger partial charge < -0.3 is 24.3 Å². The van der Waals surface area contributed by atoms with Crippen LogP contribution in [0.25, 0.3) is 11.0 Å². The number of imidazole rings is 1. The molecule has 2 aliphatic rings. The Kier molecular flexibility index (Phi) is 7.24. The van der Waals surface area contributed by atoms with Crippen molar-refractivity contribution in [1.29, 1.82) is 0 Å². The zero-order chi connectivity index (χ0) is 27.1. The number of ether oxygens (including phenoxy) is 2. The fourth-order valence-electron chi connectivity index (χ4n) is 5.99. The molecule has 1 amide bonds. The number of fused-ring (bicyclic) bond motifs is 3. The Morgan fingerprint density at radius 1 is 1.16 bits per heavy atom. The van der Waals surface area contributed by atoms with Crippen LogP contribution in [-0.2, 0) is 16.0 Å². The van der Waals surface area contributed by atoms with E-state index in [1.54, 1.807) is 30.2 Å². The molecule has 0 spiro atoms. The van der Waals surface area contributed by atoms with Gasteiger partial charge in [-0.15, -0.1) is 0 Å². The van der Waals surface area contributed by atoms with E-state index >= 15 is 0 Å². The van der Waals surface area contributed by atoms with Gasteiger partial charge >= 0.3 is 12.1 Å². The number of aliphatic hydroxyl groups excluding tert-OH is 1. The number of methoxy groups -OCH3 is 2. The van der Waals surface area contributed by atoms with Crippen LogP contribution in [0, 0.1) is 5.92 Å². The number of aliphatic carboxylic acids is 1. The van der Waals surface area contributed by atoms with Crippen molar-refractivity contribution in [2.45, 2.75) is 63.6 Å². The summed E-state index contributed by atoms with van der Waals surface area (Å²) in [6.45, 7) is 1.98. The van der Waals surface area contributed by atoms with Gasteiger partial charge in [-0.05, 0) is 63.3 Å². The molecule has 5 rings (SSSR count). The van der Waals surface area contributed by atoms with Gasteiger partial charge in [0.15, 0.2) is 0 Å². The van der Waals surface area contributed by atoms with Crippen molar-refractivity contribution < 1.29 is 29.3 Å². The third-order valence-electron chi connectivity index (χ3n) is 7.96. The maximum atomic E-state index is 12.6. The lowest BCUT2D eigenvalue weighted by molar-refractivity contribution is -0.143. The molecule has 0 bridgehead atoms. The molecule has 1 aliphatic carbocycles. The third-order valence-corrected chi connectivity index (χ3v) is 8.29. The molecule has 0 radical (unpaired) electrons. The van der Waals surface area contributed by atoms with Crippen molar-refractivity contribution in [3.05, 3.63) is 52.3 Å². The van der Waals surface area contributed by atoms with Crippen LogP contribution in [0.5, 0.6) is 5.75 Å². The normalized spacial score (nSPS) is 22.1. The number of nitrogens with zero attached hydrogens (tertiary/aromatic N) is 3. The topological polar surface area (TPSA) is 114 Å². The highest BCUT2D eigenvalue weighted by Crippen LogP contribution is 2.43. The Labute approximate surface area is 225 Å². The first-order chi connectivity index (χ1) is 18.2. The van der Waals surface area contributed by atoms with Crippen molar-refractivity contribution in [2.24, 2.45) is 5.92 Å². The van der Waals surface area contributed by atoms with Gasteiger partial charge in [-0.1, -0.05) is 24.1 Å². The lowest BCUT2D eigenvalue weighted by Crippen LogP contribution is -2.42. The van der Waals surface area contributed by atoms with Crippen molar-refractivity contribution in [3.8, 4) is 5.75 Å². The summed E-state index contributed by atoms with van der Waals surface area (Å²) in [6, 6.07) is 8.71. The minimum Gasteiger partial charge on any atom is -0.497 e. The zero-order valence-corrected chi connectivity index (χ0v) is 22.4. The van der Waals surface area contributed by atoms with E-state index in [0.29, 0.717) is 46.9 Å². The van der Waals surface area contributed by atoms with Gasteiger partial charge in [0.05, 0.1) is 41.9 Å². The number of carbonyl (C=O) groups excluding carboxylic acids is 1. The molecule has 2 N–H and O–H groups in total. The van der Waals surface area contributed by atoms with Gasteiger partial charge in [0, 0.05) is 23.2 Å². The standard InChI is InChI=1S/C28H32ClN3O6/c1-15-7-9-20-22(31(15)28(36)38-3)11-12-23-24(20)30-26(25(33)19-10-8-18(37-2)14-21(19)29)32(23)17-6-4-5-16(13-17)27(34)35/h8,10-12,14-17,25,33H,4-7,9,13H2,1-3H3,(H,34,35)/t15-,16+,17+,25+/m0/s1. The summed E-state index contributed by atoms with van der Waals surface area (Å²) < 4.78 is 12.3. The molecule has 2 heterocycles. The maximum absolute atomic E-state index is 12.6. The molecule has 0 saturated heterocycles. The molecule has 10 heteroatoms. The molecule has 202 valence electrons. The summed E-state index contributed by atoms with van der Waals surface area (Å²) in [5.74, 6) is -0.296. The summed E-state index contributed by atoms with van der Waals surface area (Å²) in [7, 11) is 2.91. The van der Waals surface area contributed by atoms with Crippen molar-refractivity contribution in [1.82, 2.24) is 9.55 Å². The van der Waals surface area contributed by atoms with Gasteiger partial charge in [-0.25, -0.2) is 9.78 Å². The summed E-state index contributed by atoms with van der Waals surface area (Å²) in [5, 5.41) is 21.7. The van der Waals surface area contributed by atoms with Gasteiger partial charge in [-0.3, -0.25) is 9.69 Å². The molecule has 2 aromatic carbocycles. The fourth-order valence-corrected chi connectivity index (χ4v) is 6.26. The quantitative estimate of drug-likeness (QED) is 0.438. The van der Waals surface area contributed by atoms with Crippen LogP contribution < -0.4 is 9.64 Å². The van der Waals surface area contributed by atoms with Crippen LogP contribution in [0.3, 0.4) is 0 Å². The molecule has 1 saturated carbocycles. The van der Waals surface area contributed by atoms with E-state index in [9.17, 15) is 19.8 Å². The Balaban J connectivity index is 1.70. The van der Waals surface area contributed by atoms with E-state index in [2.05, 4.69) is 0 Å². The number of aromatic nitrogens is 2. The van der Waals surface area contributed by atoms with Crippen LogP contribution in [0.1, 0.15) is 68.1 Å². The number of rotatable bonds is 5. The second-order valence-corrected chi connectivity index (χ2v) is 10.6. The monoisotopic (exact) mass is 541 g/mol. The number of carboxylic acids is 1. The summed E-state index contributed by atoms with van der Waals surface area (Å²) in [6.07, 6.45) is 2.47. The SMILES string of the molecule is COC(=O)N1c2ccc3c(nc([C@H](O)c4ccc(OC)cc4Cl)n3[C@@H]3CCC[C@@H](C(=O)O)C3)c2CC[C@@H]1C. The van der Waals surface area contributed by atoms with E-state index in [1.165, 1.54) is 7.11 Å². The van der Waals surface area contributed by atoms with Gasteiger partial charge in [0.25, 0.3) is 0 Å². The van der Waals surface area contributed by atoms with Crippen molar-refractivity contribution in [3.63, 3.8) is 0 Å². The highest BCUT2D eigenvalue weighted by Gasteiger charge is 2.35. The smallest absolute Gasteiger partial charge is 0.414 e. The number of aliphatic hydroxyl groups is 1. The third kappa shape index (κ3) is 4.47. The average molecular weight is 542 g/mol. The number of carbonyl (C=O) groups is 2. The van der Waals surface area contributed by atoms with Crippen molar-refractivity contribution >= 4 is 40.4 Å². The van der Waals surface area contributed by atoms with Gasteiger partial charge in [-0.2, -0.15) is 0 Å². The van der Waals surface area contributed by atoms with E-state index in [0.717, 1.165) is 36.0 Å². The molecule has 3 aromatic rings. The lowest BCUT2D eigenvalue weighted by Gasteiger charge is -2.34. The second-order valence-electron chi connectivity index (χ2n) is 10.1. The highest BCUT2D eigenvalue weighted by molar-refractivity contribution is 6.31. The van der Waals surface area contributed by atoms with Crippen LogP contribution in [0.15, 0.2) is 30.3 Å². The molecule has 1 fully saturated rings. The number of aryl methyl sites for hydroxylation is 1. The van der Waals surface area contributed by atoms with Gasteiger partial charge in [0.2, 0.25) is 0 Å². The largest absolute Gasteiger partial charge is 0.497 e. The van der Waals surface area contributed by atoms with Crippen LogP contribution in [0.4, 0.5) is 10.5 Å². The first-order valence-corrected chi connectivity index (χ1v) is 13.3. The molecule has 1 aliphatic heterocycles. The Morgan fingerprint density at radius 2 is 1.95 bits per heavy atom. The summed E-state index contributed by atoms with van der Waals surface area (Å²) >= 11 is 6.54. The lowest BCUT2D eigenvalue weighted by atomic mass is 9.85. The van der Waals surface area contributed by atoms with Crippen LogP contribution in [-0.4, -0.2) is 52.1 Å². The number of anilines is 1. The molecule has 9 nitrogen and oxygen atoms in total. The van der Waals surface area contributed by atoms with Crippen molar-refractivity contribution in [2.75, 3.05) is 19.1 Å². The molecular weight excluding hydrogens is 510 g/mol.